The molecule has 1 aromatic rings. The van der Waals surface area contributed by atoms with Crippen LogP contribution in [0.15, 0.2) is 18.2 Å². The number of benzene rings is 1. The number of anilines is 1. The molecule has 0 atom stereocenters. The van der Waals surface area contributed by atoms with Crippen LogP contribution >= 0.6 is 0 Å². The summed E-state index contributed by atoms with van der Waals surface area (Å²) < 4.78 is 10.8. The molecule has 7 heteroatoms. The monoisotopic (exact) mass is 295 g/mol. The minimum Gasteiger partial charge on any atom is -0.490 e. The van der Waals surface area contributed by atoms with Crippen LogP contribution in [0.1, 0.15) is 12.8 Å². The molecular formula is C14H21N3O4. The standard InChI is InChI=1S/C14H21N3O4/c1-20-14-10-11(2-3-13(14)17(18)19)16-8-9-21-12-4-6-15-7-5-12/h2-3,10,12,15-16H,4-9H2,1H3. The average Bonchev–Trinajstić information content (AvgIpc) is 2.52. The molecule has 0 spiro atoms. The first-order valence-electron chi connectivity index (χ1n) is 7.09. The predicted molar refractivity (Wildman–Crippen MR) is 80.0 cm³/mol. The summed E-state index contributed by atoms with van der Waals surface area (Å²) >= 11 is 0. The van der Waals surface area contributed by atoms with Crippen molar-refractivity contribution >= 4 is 11.4 Å². The molecule has 1 aromatic carbocycles. The molecule has 0 saturated carbocycles. The van der Waals surface area contributed by atoms with Gasteiger partial charge in [-0.15, -0.1) is 0 Å². The van der Waals surface area contributed by atoms with Gasteiger partial charge < -0.3 is 20.1 Å². The summed E-state index contributed by atoms with van der Waals surface area (Å²) in [6.07, 6.45) is 2.43. The first-order chi connectivity index (χ1) is 10.2. The first kappa shape index (κ1) is 15.5. The Morgan fingerprint density at radius 1 is 1.43 bits per heavy atom. The second-order valence-corrected chi connectivity index (χ2v) is 4.89. The fraction of sp³-hybridized carbons (Fsp3) is 0.571. The van der Waals surface area contributed by atoms with Gasteiger partial charge in [0.2, 0.25) is 0 Å². The van der Waals surface area contributed by atoms with E-state index < -0.39 is 4.92 Å². The summed E-state index contributed by atoms with van der Waals surface area (Å²) in [5.41, 5.74) is 0.750. The molecule has 1 fully saturated rings. The van der Waals surface area contributed by atoms with E-state index in [-0.39, 0.29) is 11.4 Å². The van der Waals surface area contributed by atoms with Gasteiger partial charge >= 0.3 is 5.69 Å². The Balaban J connectivity index is 1.78. The van der Waals surface area contributed by atoms with Crippen LogP contribution in [0.3, 0.4) is 0 Å². The summed E-state index contributed by atoms with van der Waals surface area (Å²) in [7, 11) is 1.42. The third-order valence-electron chi connectivity index (χ3n) is 3.45. The molecule has 0 unspecified atom stereocenters. The van der Waals surface area contributed by atoms with E-state index in [2.05, 4.69) is 10.6 Å². The topological polar surface area (TPSA) is 85.7 Å². The van der Waals surface area contributed by atoms with Crippen molar-refractivity contribution < 1.29 is 14.4 Å². The van der Waals surface area contributed by atoms with Crippen LogP contribution in [-0.4, -0.2) is 44.4 Å². The molecular weight excluding hydrogens is 274 g/mol. The molecule has 0 radical (unpaired) electrons. The smallest absolute Gasteiger partial charge is 0.311 e. The molecule has 0 bridgehead atoms. The number of nitro groups is 1. The van der Waals surface area contributed by atoms with Gasteiger partial charge in [-0.2, -0.15) is 0 Å². The van der Waals surface area contributed by atoms with Crippen molar-refractivity contribution in [3.05, 3.63) is 28.3 Å². The van der Waals surface area contributed by atoms with E-state index in [0.29, 0.717) is 19.3 Å². The summed E-state index contributed by atoms with van der Waals surface area (Å²) in [6, 6.07) is 4.74. The highest BCUT2D eigenvalue weighted by molar-refractivity contribution is 5.57. The van der Waals surface area contributed by atoms with Crippen LogP contribution in [0.5, 0.6) is 5.75 Å². The molecule has 1 aliphatic rings. The number of methoxy groups -OCH3 is 1. The highest BCUT2D eigenvalue weighted by Crippen LogP contribution is 2.29. The normalized spacial score (nSPS) is 15.7. The Bertz CT molecular complexity index is 475. The lowest BCUT2D eigenvalue weighted by Crippen LogP contribution is -2.33. The summed E-state index contributed by atoms with van der Waals surface area (Å²) in [5.74, 6) is 0.254. The molecule has 21 heavy (non-hydrogen) atoms. The fourth-order valence-electron chi connectivity index (χ4n) is 2.32. The van der Waals surface area contributed by atoms with E-state index in [1.165, 1.54) is 13.2 Å². The van der Waals surface area contributed by atoms with Crippen molar-refractivity contribution in [1.29, 1.82) is 0 Å². The van der Waals surface area contributed by atoms with E-state index in [1.54, 1.807) is 12.1 Å². The molecule has 7 nitrogen and oxygen atoms in total. The lowest BCUT2D eigenvalue weighted by atomic mass is 10.1. The maximum absolute atomic E-state index is 10.8. The van der Waals surface area contributed by atoms with Crippen LogP contribution in [0.4, 0.5) is 11.4 Å². The van der Waals surface area contributed by atoms with E-state index in [0.717, 1.165) is 31.6 Å². The lowest BCUT2D eigenvalue weighted by molar-refractivity contribution is -0.385. The highest BCUT2D eigenvalue weighted by Gasteiger charge is 2.15. The Labute approximate surface area is 123 Å². The molecule has 0 aromatic heterocycles. The zero-order valence-corrected chi connectivity index (χ0v) is 12.1. The van der Waals surface area contributed by atoms with E-state index in [4.69, 9.17) is 9.47 Å². The highest BCUT2D eigenvalue weighted by atomic mass is 16.6. The number of piperidine rings is 1. The predicted octanol–water partition coefficient (Wildman–Crippen LogP) is 1.78. The van der Waals surface area contributed by atoms with Gasteiger partial charge in [0.25, 0.3) is 0 Å². The van der Waals surface area contributed by atoms with Gasteiger partial charge in [0.1, 0.15) is 0 Å². The first-order valence-corrected chi connectivity index (χ1v) is 7.09. The molecule has 1 heterocycles. The van der Waals surface area contributed by atoms with E-state index in [9.17, 15) is 10.1 Å². The molecule has 1 saturated heterocycles. The quantitative estimate of drug-likeness (QED) is 0.453. The number of nitro benzene ring substituents is 1. The van der Waals surface area contributed by atoms with Crippen molar-refractivity contribution in [3.63, 3.8) is 0 Å². The maximum Gasteiger partial charge on any atom is 0.311 e. The second-order valence-electron chi connectivity index (χ2n) is 4.89. The summed E-state index contributed by atoms with van der Waals surface area (Å²) in [5, 5.41) is 17.3. The lowest BCUT2D eigenvalue weighted by Gasteiger charge is -2.23. The van der Waals surface area contributed by atoms with Crippen molar-refractivity contribution in [2.24, 2.45) is 0 Å². The zero-order chi connectivity index (χ0) is 15.1. The van der Waals surface area contributed by atoms with Gasteiger partial charge in [-0.1, -0.05) is 0 Å². The number of hydrogen-bond donors (Lipinski definition) is 2. The van der Waals surface area contributed by atoms with E-state index in [1.807, 2.05) is 0 Å². The molecule has 116 valence electrons. The molecule has 1 aliphatic heterocycles. The van der Waals surface area contributed by atoms with Crippen LogP contribution in [0.2, 0.25) is 0 Å². The zero-order valence-electron chi connectivity index (χ0n) is 12.1. The van der Waals surface area contributed by atoms with E-state index >= 15 is 0 Å². The average molecular weight is 295 g/mol. The van der Waals surface area contributed by atoms with Crippen molar-refractivity contribution in [1.82, 2.24) is 5.32 Å². The summed E-state index contributed by atoms with van der Waals surface area (Å²) in [6.45, 7) is 3.30. The van der Waals surface area contributed by atoms with Gasteiger partial charge in [0.15, 0.2) is 5.75 Å². The van der Waals surface area contributed by atoms with Gasteiger partial charge in [-0.3, -0.25) is 10.1 Å². The molecule has 0 amide bonds. The van der Waals surface area contributed by atoms with Crippen LogP contribution in [-0.2, 0) is 4.74 Å². The van der Waals surface area contributed by atoms with Gasteiger partial charge in [0, 0.05) is 24.4 Å². The van der Waals surface area contributed by atoms with Crippen LogP contribution < -0.4 is 15.4 Å². The Morgan fingerprint density at radius 3 is 2.86 bits per heavy atom. The third kappa shape index (κ3) is 4.57. The Hall–Kier alpha value is -1.86. The number of nitrogens with one attached hydrogen (secondary N) is 2. The van der Waals surface area contributed by atoms with Gasteiger partial charge in [-0.25, -0.2) is 0 Å². The van der Waals surface area contributed by atoms with Crippen molar-refractivity contribution in [3.8, 4) is 5.75 Å². The second kappa shape index (κ2) is 7.80. The molecule has 2 rings (SSSR count). The number of nitrogens with zero attached hydrogens (tertiary/aromatic N) is 1. The summed E-state index contributed by atoms with van der Waals surface area (Å²) in [4.78, 5) is 10.4. The minimum absolute atomic E-state index is 0.0333. The number of rotatable bonds is 7. The Kier molecular flexibility index (Phi) is 5.77. The molecule has 0 aliphatic carbocycles. The SMILES string of the molecule is COc1cc(NCCOC2CCNCC2)ccc1[N+](=O)[O-]. The maximum atomic E-state index is 10.8. The fourth-order valence-corrected chi connectivity index (χ4v) is 2.32. The van der Waals surface area contributed by atoms with Crippen molar-refractivity contribution in [2.75, 3.05) is 38.7 Å². The van der Waals surface area contributed by atoms with Crippen molar-refractivity contribution in [2.45, 2.75) is 18.9 Å². The van der Waals surface area contributed by atoms with Crippen LogP contribution in [0, 0.1) is 10.1 Å². The number of hydrogen-bond acceptors (Lipinski definition) is 6. The van der Waals surface area contributed by atoms with Gasteiger partial charge in [0.05, 0.1) is 24.7 Å². The Morgan fingerprint density at radius 2 is 2.19 bits per heavy atom. The third-order valence-corrected chi connectivity index (χ3v) is 3.45. The van der Waals surface area contributed by atoms with Gasteiger partial charge in [-0.05, 0) is 32.0 Å². The largest absolute Gasteiger partial charge is 0.490 e. The number of ether oxygens (including phenoxy) is 2. The minimum atomic E-state index is -0.456. The van der Waals surface area contributed by atoms with Crippen LogP contribution in [0.25, 0.3) is 0 Å². The molecule has 2 N–H and O–H groups in total.